The highest BCUT2D eigenvalue weighted by atomic mass is 19.1. The summed E-state index contributed by atoms with van der Waals surface area (Å²) in [6.45, 7) is 4.38. The van der Waals surface area contributed by atoms with Gasteiger partial charge in [-0.2, -0.15) is 0 Å². The molecular formula is C15H21FN2O. The Hall–Kier alpha value is -1.58. The van der Waals surface area contributed by atoms with Crippen molar-refractivity contribution in [2.75, 3.05) is 12.3 Å². The van der Waals surface area contributed by atoms with Crippen LogP contribution in [0.25, 0.3) is 0 Å². The smallest absolute Gasteiger partial charge is 0.254 e. The number of nitrogens with one attached hydrogen (secondary N) is 1. The molecule has 0 unspecified atom stereocenters. The highest BCUT2D eigenvalue weighted by molar-refractivity contribution is 5.95. The molecule has 1 saturated carbocycles. The van der Waals surface area contributed by atoms with Gasteiger partial charge in [0.2, 0.25) is 0 Å². The third kappa shape index (κ3) is 3.06. The summed E-state index contributed by atoms with van der Waals surface area (Å²) in [5.41, 5.74) is 6.67. The summed E-state index contributed by atoms with van der Waals surface area (Å²) < 4.78 is 13.9. The fraction of sp³-hybridized carbons (Fsp3) is 0.533. The summed E-state index contributed by atoms with van der Waals surface area (Å²) in [5.74, 6) is -0.857. The first kappa shape index (κ1) is 13.8. The minimum Gasteiger partial charge on any atom is -0.399 e. The van der Waals surface area contributed by atoms with E-state index in [1.807, 2.05) is 0 Å². The molecule has 0 spiro atoms. The normalized spacial score (nSPS) is 17.4. The van der Waals surface area contributed by atoms with Gasteiger partial charge in [0, 0.05) is 12.2 Å². The Morgan fingerprint density at radius 1 is 1.42 bits per heavy atom. The van der Waals surface area contributed by atoms with Crippen LogP contribution >= 0.6 is 0 Å². The van der Waals surface area contributed by atoms with Gasteiger partial charge < -0.3 is 11.1 Å². The molecule has 0 heterocycles. The van der Waals surface area contributed by atoms with Gasteiger partial charge in [-0.15, -0.1) is 0 Å². The number of anilines is 1. The second kappa shape index (κ2) is 5.19. The molecule has 1 fully saturated rings. The molecule has 0 aliphatic heterocycles. The molecule has 0 aromatic heterocycles. The van der Waals surface area contributed by atoms with Crippen molar-refractivity contribution in [3.63, 3.8) is 0 Å². The Balaban J connectivity index is 2.08. The van der Waals surface area contributed by atoms with Crippen molar-refractivity contribution in [2.45, 2.75) is 39.5 Å². The van der Waals surface area contributed by atoms with Crippen molar-refractivity contribution < 1.29 is 9.18 Å². The van der Waals surface area contributed by atoms with E-state index in [9.17, 15) is 9.18 Å². The molecule has 2 rings (SSSR count). The van der Waals surface area contributed by atoms with Gasteiger partial charge in [0.05, 0.1) is 5.56 Å². The molecule has 1 aliphatic rings. The number of carbonyl (C=O) groups excluding carboxylic acids is 1. The van der Waals surface area contributed by atoms with Crippen molar-refractivity contribution in [1.29, 1.82) is 0 Å². The topological polar surface area (TPSA) is 55.1 Å². The number of benzene rings is 1. The number of nitrogens with two attached hydrogens (primary N) is 1. The Morgan fingerprint density at radius 2 is 2.05 bits per heavy atom. The Morgan fingerprint density at radius 3 is 2.68 bits per heavy atom. The number of hydrogen-bond acceptors (Lipinski definition) is 2. The van der Waals surface area contributed by atoms with Crippen LogP contribution in [0.4, 0.5) is 10.1 Å². The summed E-state index contributed by atoms with van der Waals surface area (Å²) in [7, 11) is 0. The van der Waals surface area contributed by atoms with Crippen LogP contribution in [0.5, 0.6) is 0 Å². The van der Waals surface area contributed by atoms with E-state index in [2.05, 4.69) is 12.2 Å². The van der Waals surface area contributed by atoms with Gasteiger partial charge in [-0.25, -0.2) is 4.39 Å². The van der Waals surface area contributed by atoms with Crippen LogP contribution in [0.2, 0.25) is 0 Å². The van der Waals surface area contributed by atoms with E-state index in [4.69, 9.17) is 5.73 Å². The maximum Gasteiger partial charge on any atom is 0.254 e. The summed E-state index contributed by atoms with van der Waals surface area (Å²) in [5, 5.41) is 2.84. The average Bonchev–Trinajstić information content (AvgIpc) is 2.78. The van der Waals surface area contributed by atoms with Crippen molar-refractivity contribution in [1.82, 2.24) is 5.32 Å². The van der Waals surface area contributed by atoms with E-state index >= 15 is 0 Å². The highest BCUT2D eigenvalue weighted by Crippen LogP contribution is 2.36. The van der Waals surface area contributed by atoms with Gasteiger partial charge in [0.15, 0.2) is 0 Å². The van der Waals surface area contributed by atoms with E-state index < -0.39 is 5.82 Å². The van der Waals surface area contributed by atoms with Gasteiger partial charge in [-0.1, -0.05) is 19.8 Å². The van der Waals surface area contributed by atoms with Gasteiger partial charge >= 0.3 is 0 Å². The van der Waals surface area contributed by atoms with Crippen molar-refractivity contribution in [2.24, 2.45) is 5.41 Å². The second-order valence-corrected chi connectivity index (χ2v) is 5.90. The summed E-state index contributed by atoms with van der Waals surface area (Å²) in [6.07, 6.45) is 4.65. The molecule has 0 atom stereocenters. The van der Waals surface area contributed by atoms with Crippen LogP contribution in [0.1, 0.15) is 48.5 Å². The molecule has 19 heavy (non-hydrogen) atoms. The van der Waals surface area contributed by atoms with Crippen LogP contribution in [0.3, 0.4) is 0 Å². The van der Waals surface area contributed by atoms with Crippen LogP contribution in [0.15, 0.2) is 12.1 Å². The minimum atomic E-state index is -0.483. The number of halogens is 1. The predicted octanol–water partition coefficient (Wildman–Crippen LogP) is 3.03. The van der Waals surface area contributed by atoms with Crippen LogP contribution in [0, 0.1) is 18.2 Å². The largest absolute Gasteiger partial charge is 0.399 e. The number of aryl methyl sites for hydroxylation is 1. The van der Waals surface area contributed by atoms with Crippen LogP contribution in [-0.4, -0.2) is 12.5 Å². The van der Waals surface area contributed by atoms with Crippen LogP contribution in [-0.2, 0) is 0 Å². The fourth-order valence-electron chi connectivity index (χ4n) is 2.76. The molecule has 3 N–H and O–H groups in total. The van der Waals surface area contributed by atoms with E-state index in [0.29, 0.717) is 17.8 Å². The summed E-state index contributed by atoms with van der Waals surface area (Å²) in [6, 6.07) is 2.93. The fourth-order valence-corrected chi connectivity index (χ4v) is 2.76. The minimum absolute atomic E-state index is 0.0408. The maximum atomic E-state index is 13.9. The Labute approximate surface area is 113 Å². The third-order valence-electron chi connectivity index (χ3n) is 4.01. The standard InChI is InChI=1S/C15H21FN2O/c1-10-7-11(17)8-12(13(10)16)14(19)18-9-15(2)5-3-4-6-15/h7-8H,3-6,9,17H2,1-2H3,(H,18,19). The van der Waals surface area contributed by atoms with Crippen LogP contribution < -0.4 is 11.1 Å². The van der Waals surface area contributed by atoms with Crippen molar-refractivity contribution in [3.8, 4) is 0 Å². The lowest BCUT2D eigenvalue weighted by Crippen LogP contribution is -2.34. The first-order valence-corrected chi connectivity index (χ1v) is 6.75. The predicted molar refractivity (Wildman–Crippen MR) is 74.5 cm³/mol. The van der Waals surface area contributed by atoms with Gasteiger partial charge in [-0.3, -0.25) is 4.79 Å². The van der Waals surface area contributed by atoms with E-state index in [1.54, 1.807) is 6.92 Å². The maximum absolute atomic E-state index is 13.9. The lowest BCUT2D eigenvalue weighted by atomic mass is 9.89. The molecule has 1 aliphatic carbocycles. The van der Waals surface area contributed by atoms with E-state index in [1.165, 1.54) is 25.0 Å². The third-order valence-corrected chi connectivity index (χ3v) is 4.01. The first-order valence-electron chi connectivity index (χ1n) is 6.75. The zero-order valence-corrected chi connectivity index (χ0v) is 11.6. The monoisotopic (exact) mass is 264 g/mol. The molecule has 4 heteroatoms. The molecule has 1 amide bonds. The van der Waals surface area contributed by atoms with Crippen molar-refractivity contribution >= 4 is 11.6 Å². The zero-order valence-electron chi connectivity index (χ0n) is 11.6. The Bertz CT molecular complexity index is 493. The summed E-state index contributed by atoms with van der Waals surface area (Å²) in [4.78, 5) is 12.1. The molecule has 1 aromatic rings. The molecule has 104 valence electrons. The number of rotatable bonds is 3. The lowest BCUT2D eigenvalue weighted by Gasteiger charge is -2.23. The number of amides is 1. The number of hydrogen-bond donors (Lipinski definition) is 2. The van der Waals surface area contributed by atoms with Gasteiger partial charge in [0.1, 0.15) is 5.82 Å². The first-order chi connectivity index (χ1) is 8.91. The molecule has 0 bridgehead atoms. The SMILES string of the molecule is Cc1cc(N)cc(C(=O)NCC2(C)CCCC2)c1F. The molecule has 3 nitrogen and oxygen atoms in total. The van der Waals surface area contributed by atoms with Gasteiger partial charge in [0.25, 0.3) is 5.91 Å². The zero-order chi connectivity index (χ0) is 14.0. The molecular weight excluding hydrogens is 243 g/mol. The summed E-state index contributed by atoms with van der Waals surface area (Å²) >= 11 is 0. The number of nitrogen functional groups attached to an aromatic ring is 1. The Kier molecular flexibility index (Phi) is 3.78. The molecule has 0 radical (unpaired) electrons. The lowest BCUT2D eigenvalue weighted by molar-refractivity contribution is 0.0930. The highest BCUT2D eigenvalue weighted by Gasteiger charge is 2.29. The van der Waals surface area contributed by atoms with Crippen molar-refractivity contribution in [3.05, 3.63) is 29.1 Å². The second-order valence-electron chi connectivity index (χ2n) is 5.90. The quantitative estimate of drug-likeness (QED) is 0.824. The van der Waals surface area contributed by atoms with E-state index in [0.717, 1.165) is 12.8 Å². The molecule has 1 aromatic carbocycles. The van der Waals surface area contributed by atoms with E-state index in [-0.39, 0.29) is 16.9 Å². The number of carbonyl (C=O) groups is 1. The average molecular weight is 264 g/mol. The van der Waals surface area contributed by atoms with Gasteiger partial charge in [-0.05, 0) is 42.9 Å². The molecule has 0 saturated heterocycles.